The minimum atomic E-state index is -0.224. The van der Waals surface area contributed by atoms with E-state index in [1.165, 1.54) is 11.8 Å². The van der Waals surface area contributed by atoms with Crippen LogP contribution in [0.2, 0.25) is 0 Å². The van der Waals surface area contributed by atoms with E-state index in [0.717, 1.165) is 24.1 Å². The molecule has 1 heterocycles. The van der Waals surface area contributed by atoms with Crippen molar-refractivity contribution in [2.75, 3.05) is 11.9 Å². The van der Waals surface area contributed by atoms with Crippen molar-refractivity contribution < 1.29 is 9.21 Å². The summed E-state index contributed by atoms with van der Waals surface area (Å²) in [7, 11) is 0. The summed E-state index contributed by atoms with van der Waals surface area (Å²) in [6, 6.07) is 9.56. The van der Waals surface area contributed by atoms with Crippen molar-refractivity contribution in [2.45, 2.75) is 19.8 Å². The maximum atomic E-state index is 12.0. The summed E-state index contributed by atoms with van der Waals surface area (Å²) < 4.78 is 5.16. The van der Waals surface area contributed by atoms with Gasteiger partial charge in [0, 0.05) is 11.3 Å². The molecule has 0 atom stereocenters. The number of furan rings is 1. The Bertz CT molecular complexity index is 561. The van der Waals surface area contributed by atoms with E-state index in [2.05, 4.69) is 5.32 Å². The predicted molar refractivity (Wildman–Crippen MR) is 75.2 cm³/mol. The third kappa shape index (κ3) is 3.45. The van der Waals surface area contributed by atoms with Crippen LogP contribution in [0.15, 0.2) is 41.0 Å². The average molecular weight is 258 g/mol. The molecule has 4 nitrogen and oxygen atoms in total. The highest BCUT2D eigenvalue weighted by atomic mass is 16.3. The maximum absolute atomic E-state index is 12.0. The van der Waals surface area contributed by atoms with Gasteiger partial charge in [-0.1, -0.05) is 12.1 Å². The summed E-state index contributed by atoms with van der Waals surface area (Å²) in [5.74, 6) is 0.130. The van der Waals surface area contributed by atoms with E-state index in [9.17, 15) is 4.79 Å². The summed E-state index contributed by atoms with van der Waals surface area (Å²) >= 11 is 0. The Morgan fingerprint density at radius 3 is 2.89 bits per heavy atom. The van der Waals surface area contributed by atoms with Crippen molar-refractivity contribution in [2.24, 2.45) is 5.73 Å². The fraction of sp³-hybridized carbons (Fsp3) is 0.267. The minimum absolute atomic E-state index is 0.224. The van der Waals surface area contributed by atoms with Gasteiger partial charge in [0.15, 0.2) is 5.76 Å². The van der Waals surface area contributed by atoms with Gasteiger partial charge in [-0.25, -0.2) is 0 Å². The lowest BCUT2D eigenvalue weighted by molar-refractivity contribution is 0.0996. The van der Waals surface area contributed by atoms with Crippen LogP contribution in [0.5, 0.6) is 0 Å². The summed E-state index contributed by atoms with van der Waals surface area (Å²) in [6.07, 6.45) is 3.37. The Hall–Kier alpha value is -2.07. The van der Waals surface area contributed by atoms with Gasteiger partial charge in [0.05, 0.1) is 6.26 Å². The van der Waals surface area contributed by atoms with E-state index in [4.69, 9.17) is 10.2 Å². The molecule has 0 aliphatic heterocycles. The Morgan fingerprint density at radius 2 is 2.21 bits per heavy atom. The monoisotopic (exact) mass is 258 g/mol. The number of rotatable bonds is 5. The Morgan fingerprint density at radius 1 is 1.37 bits per heavy atom. The SMILES string of the molecule is Cc1ccoc1C(=O)Nc1cccc(CCCN)c1. The number of carbonyl (C=O) groups excluding carboxylic acids is 1. The molecule has 0 aliphatic rings. The molecule has 19 heavy (non-hydrogen) atoms. The van der Waals surface area contributed by atoms with Crippen LogP contribution in [-0.4, -0.2) is 12.5 Å². The third-order valence-electron chi connectivity index (χ3n) is 2.92. The Kier molecular flexibility index (Phi) is 4.36. The molecule has 2 rings (SSSR count). The maximum Gasteiger partial charge on any atom is 0.291 e. The number of anilines is 1. The molecule has 3 N–H and O–H groups in total. The molecule has 100 valence electrons. The van der Waals surface area contributed by atoms with Crippen molar-refractivity contribution >= 4 is 11.6 Å². The van der Waals surface area contributed by atoms with Crippen LogP contribution in [0, 0.1) is 6.92 Å². The molecular formula is C15H18N2O2. The summed E-state index contributed by atoms with van der Waals surface area (Å²) in [5, 5.41) is 2.84. The van der Waals surface area contributed by atoms with Crippen LogP contribution < -0.4 is 11.1 Å². The van der Waals surface area contributed by atoms with Gasteiger partial charge in [0.25, 0.3) is 5.91 Å². The zero-order valence-electron chi connectivity index (χ0n) is 11.0. The standard InChI is InChI=1S/C15H18N2O2/c1-11-7-9-19-14(11)15(18)17-13-6-2-4-12(10-13)5-3-8-16/h2,4,6-7,9-10H,3,5,8,16H2,1H3,(H,17,18). The average Bonchev–Trinajstić information content (AvgIpc) is 2.83. The number of nitrogens with one attached hydrogen (secondary N) is 1. The lowest BCUT2D eigenvalue weighted by atomic mass is 10.1. The van der Waals surface area contributed by atoms with Crippen LogP contribution in [0.4, 0.5) is 5.69 Å². The summed E-state index contributed by atoms with van der Waals surface area (Å²) in [5.41, 5.74) is 8.26. The number of nitrogens with two attached hydrogens (primary N) is 1. The highest BCUT2D eigenvalue weighted by Crippen LogP contribution is 2.15. The van der Waals surface area contributed by atoms with Gasteiger partial charge in [0.2, 0.25) is 0 Å². The second kappa shape index (κ2) is 6.20. The molecule has 0 aliphatic carbocycles. The fourth-order valence-electron chi connectivity index (χ4n) is 1.90. The van der Waals surface area contributed by atoms with Gasteiger partial charge in [0.1, 0.15) is 0 Å². The first kappa shape index (κ1) is 13.4. The van der Waals surface area contributed by atoms with E-state index in [1.54, 1.807) is 6.07 Å². The minimum Gasteiger partial charge on any atom is -0.459 e. The van der Waals surface area contributed by atoms with E-state index >= 15 is 0 Å². The van der Waals surface area contributed by atoms with Gasteiger partial charge < -0.3 is 15.5 Å². The first-order valence-corrected chi connectivity index (χ1v) is 6.35. The molecule has 0 radical (unpaired) electrons. The number of hydrogen-bond acceptors (Lipinski definition) is 3. The van der Waals surface area contributed by atoms with Crippen LogP contribution in [0.25, 0.3) is 0 Å². The highest BCUT2D eigenvalue weighted by molar-refractivity contribution is 6.03. The van der Waals surface area contributed by atoms with Crippen molar-refractivity contribution in [3.8, 4) is 0 Å². The normalized spacial score (nSPS) is 10.4. The van der Waals surface area contributed by atoms with Gasteiger partial charge >= 0.3 is 0 Å². The molecule has 2 aromatic rings. The first-order valence-electron chi connectivity index (χ1n) is 6.35. The first-order chi connectivity index (χ1) is 9.20. The van der Waals surface area contributed by atoms with Crippen molar-refractivity contribution in [3.63, 3.8) is 0 Å². The lowest BCUT2D eigenvalue weighted by Gasteiger charge is -2.06. The summed E-state index contributed by atoms with van der Waals surface area (Å²) in [6.45, 7) is 2.51. The second-order valence-corrected chi connectivity index (χ2v) is 4.48. The van der Waals surface area contributed by atoms with E-state index in [0.29, 0.717) is 12.3 Å². The molecule has 1 aromatic heterocycles. The van der Waals surface area contributed by atoms with E-state index in [-0.39, 0.29) is 5.91 Å². The molecule has 4 heteroatoms. The molecule has 0 saturated heterocycles. The van der Waals surface area contributed by atoms with Crippen LogP contribution in [0.3, 0.4) is 0 Å². The Labute approximate surface area is 112 Å². The number of aryl methyl sites for hydroxylation is 2. The second-order valence-electron chi connectivity index (χ2n) is 4.48. The van der Waals surface area contributed by atoms with Gasteiger partial charge in [-0.3, -0.25) is 4.79 Å². The van der Waals surface area contributed by atoms with E-state index in [1.807, 2.05) is 31.2 Å². The Balaban J connectivity index is 2.07. The highest BCUT2D eigenvalue weighted by Gasteiger charge is 2.12. The molecule has 1 amide bonds. The molecular weight excluding hydrogens is 240 g/mol. The topological polar surface area (TPSA) is 68.3 Å². The van der Waals surface area contributed by atoms with Gasteiger partial charge in [-0.05, 0) is 50.1 Å². The molecule has 1 aromatic carbocycles. The predicted octanol–water partition coefficient (Wildman–Crippen LogP) is 2.73. The molecule has 0 spiro atoms. The van der Waals surface area contributed by atoms with E-state index < -0.39 is 0 Å². The number of amides is 1. The van der Waals surface area contributed by atoms with Crippen LogP contribution in [0.1, 0.15) is 28.1 Å². The third-order valence-corrected chi connectivity index (χ3v) is 2.92. The molecule has 0 saturated carbocycles. The van der Waals surface area contributed by atoms with Gasteiger partial charge in [-0.15, -0.1) is 0 Å². The lowest BCUT2D eigenvalue weighted by Crippen LogP contribution is -2.12. The van der Waals surface area contributed by atoms with Crippen LogP contribution >= 0.6 is 0 Å². The molecule has 0 bridgehead atoms. The fourth-order valence-corrected chi connectivity index (χ4v) is 1.90. The molecule has 0 unspecified atom stereocenters. The zero-order chi connectivity index (χ0) is 13.7. The number of carbonyl (C=O) groups is 1. The smallest absolute Gasteiger partial charge is 0.291 e. The van der Waals surface area contributed by atoms with Gasteiger partial charge in [-0.2, -0.15) is 0 Å². The quantitative estimate of drug-likeness (QED) is 0.866. The molecule has 0 fully saturated rings. The number of hydrogen-bond donors (Lipinski definition) is 2. The zero-order valence-corrected chi connectivity index (χ0v) is 11.0. The summed E-state index contributed by atoms with van der Waals surface area (Å²) in [4.78, 5) is 12.0. The van der Waals surface area contributed by atoms with Crippen molar-refractivity contribution in [3.05, 3.63) is 53.5 Å². The van der Waals surface area contributed by atoms with Crippen molar-refractivity contribution in [1.29, 1.82) is 0 Å². The number of benzene rings is 1. The van der Waals surface area contributed by atoms with Crippen LogP contribution in [-0.2, 0) is 6.42 Å². The largest absolute Gasteiger partial charge is 0.459 e. The van der Waals surface area contributed by atoms with Crippen molar-refractivity contribution in [1.82, 2.24) is 0 Å².